The Morgan fingerprint density at radius 3 is 2.37 bits per heavy atom. The first kappa shape index (κ1) is 18.6. The van der Waals surface area contributed by atoms with Crippen LogP contribution in [0.15, 0.2) is 60.7 Å². The molecule has 0 fully saturated rings. The van der Waals surface area contributed by atoms with Crippen molar-refractivity contribution in [3.05, 3.63) is 60.7 Å². The summed E-state index contributed by atoms with van der Waals surface area (Å²) in [5, 5.41) is 5.07. The average Bonchev–Trinajstić information content (AvgIpc) is 2.71. The Bertz CT molecular complexity index is 938. The molecular weight excluding hydrogens is 342 g/mol. The normalized spacial score (nSPS) is 11.7. The van der Waals surface area contributed by atoms with Crippen LogP contribution in [0, 0.1) is 0 Å². The zero-order valence-electron chi connectivity index (χ0n) is 15.7. The number of fused-ring (bicyclic) bond motifs is 1. The van der Waals surface area contributed by atoms with Gasteiger partial charge >= 0.3 is 0 Å². The SMILES string of the molecule is CC[C@@H](Oc1ccc2ccccc2c1)C(=O)Nc1cc(OC)ccc1OC. The molecule has 3 aromatic rings. The molecule has 0 aliphatic heterocycles. The molecule has 1 N–H and O–H groups in total. The smallest absolute Gasteiger partial charge is 0.265 e. The van der Waals surface area contributed by atoms with Gasteiger partial charge < -0.3 is 19.5 Å². The molecule has 0 unspecified atom stereocenters. The van der Waals surface area contributed by atoms with Crippen LogP contribution in [0.25, 0.3) is 10.8 Å². The van der Waals surface area contributed by atoms with Gasteiger partial charge in [-0.2, -0.15) is 0 Å². The molecule has 0 saturated carbocycles. The van der Waals surface area contributed by atoms with Crippen molar-refractivity contribution < 1.29 is 19.0 Å². The number of anilines is 1. The van der Waals surface area contributed by atoms with Crippen molar-refractivity contribution in [3.63, 3.8) is 0 Å². The number of hydrogen-bond acceptors (Lipinski definition) is 4. The molecule has 27 heavy (non-hydrogen) atoms. The van der Waals surface area contributed by atoms with Crippen molar-refractivity contribution in [1.29, 1.82) is 0 Å². The Hall–Kier alpha value is -3.21. The van der Waals surface area contributed by atoms with Gasteiger partial charge in [0.15, 0.2) is 6.10 Å². The van der Waals surface area contributed by atoms with Crippen molar-refractivity contribution in [2.75, 3.05) is 19.5 Å². The van der Waals surface area contributed by atoms with E-state index in [-0.39, 0.29) is 5.91 Å². The van der Waals surface area contributed by atoms with Crippen LogP contribution in [0.4, 0.5) is 5.69 Å². The standard InChI is InChI=1S/C22H23NO4/c1-4-20(27-18-10-9-15-7-5-6-8-16(15)13-18)22(24)23-19-14-17(25-2)11-12-21(19)26-3/h5-14,20H,4H2,1-3H3,(H,23,24)/t20-/m1/s1. The zero-order chi connectivity index (χ0) is 19.2. The molecule has 1 atom stereocenters. The number of rotatable bonds is 7. The molecule has 0 bridgehead atoms. The van der Waals surface area contributed by atoms with Gasteiger partial charge in [0.1, 0.15) is 17.2 Å². The van der Waals surface area contributed by atoms with E-state index < -0.39 is 6.10 Å². The number of nitrogens with one attached hydrogen (secondary N) is 1. The molecule has 140 valence electrons. The van der Waals surface area contributed by atoms with E-state index in [4.69, 9.17) is 14.2 Å². The number of methoxy groups -OCH3 is 2. The zero-order valence-corrected chi connectivity index (χ0v) is 15.7. The summed E-state index contributed by atoms with van der Waals surface area (Å²) in [5.74, 6) is 1.62. The highest BCUT2D eigenvalue weighted by Gasteiger charge is 2.20. The minimum atomic E-state index is -0.623. The van der Waals surface area contributed by atoms with Gasteiger partial charge in [0.05, 0.1) is 19.9 Å². The second kappa shape index (κ2) is 8.45. The fraction of sp³-hybridized carbons (Fsp3) is 0.227. The molecule has 5 nitrogen and oxygen atoms in total. The van der Waals surface area contributed by atoms with Crippen LogP contribution < -0.4 is 19.5 Å². The molecule has 0 aromatic heterocycles. The highest BCUT2D eigenvalue weighted by molar-refractivity contribution is 5.96. The van der Waals surface area contributed by atoms with E-state index in [0.717, 1.165) is 10.8 Å². The van der Waals surface area contributed by atoms with Crippen molar-refractivity contribution in [3.8, 4) is 17.2 Å². The molecule has 0 radical (unpaired) electrons. The highest BCUT2D eigenvalue weighted by atomic mass is 16.5. The van der Waals surface area contributed by atoms with E-state index in [0.29, 0.717) is 29.4 Å². The maximum Gasteiger partial charge on any atom is 0.265 e. The Morgan fingerprint density at radius 2 is 1.67 bits per heavy atom. The maximum absolute atomic E-state index is 12.7. The third-order valence-corrected chi connectivity index (χ3v) is 4.33. The van der Waals surface area contributed by atoms with Crippen LogP contribution in [0.3, 0.4) is 0 Å². The van der Waals surface area contributed by atoms with Crippen LogP contribution in [-0.2, 0) is 4.79 Å². The monoisotopic (exact) mass is 365 g/mol. The van der Waals surface area contributed by atoms with Crippen LogP contribution in [-0.4, -0.2) is 26.2 Å². The minimum Gasteiger partial charge on any atom is -0.497 e. The lowest BCUT2D eigenvalue weighted by Gasteiger charge is -2.19. The molecule has 1 amide bonds. The van der Waals surface area contributed by atoms with Crippen LogP contribution in [0.1, 0.15) is 13.3 Å². The molecule has 0 aliphatic rings. The summed E-state index contributed by atoms with van der Waals surface area (Å²) in [5.41, 5.74) is 0.544. The lowest BCUT2D eigenvalue weighted by atomic mass is 10.1. The number of amides is 1. The third kappa shape index (κ3) is 4.31. The van der Waals surface area contributed by atoms with Gasteiger partial charge in [-0.25, -0.2) is 0 Å². The molecule has 0 spiro atoms. The predicted molar refractivity (Wildman–Crippen MR) is 107 cm³/mol. The van der Waals surface area contributed by atoms with Gasteiger partial charge in [-0.05, 0) is 41.5 Å². The first-order chi connectivity index (χ1) is 13.1. The molecule has 0 aliphatic carbocycles. The maximum atomic E-state index is 12.7. The van der Waals surface area contributed by atoms with Gasteiger partial charge in [0.25, 0.3) is 5.91 Å². The molecule has 5 heteroatoms. The minimum absolute atomic E-state index is 0.239. The molecule has 3 aromatic carbocycles. The van der Waals surface area contributed by atoms with E-state index in [1.54, 1.807) is 32.4 Å². The Morgan fingerprint density at radius 1 is 0.926 bits per heavy atom. The summed E-state index contributed by atoms with van der Waals surface area (Å²) in [7, 11) is 3.13. The summed E-state index contributed by atoms with van der Waals surface area (Å²) in [6.07, 6.45) is -0.0904. The van der Waals surface area contributed by atoms with Gasteiger partial charge in [0, 0.05) is 6.07 Å². The molecule has 0 saturated heterocycles. The lowest BCUT2D eigenvalue weighted by Crippen LogP contribution is -2.32. The number of hydrogen-bond donors (Lipinski definition) is 1. The van der Waals surface area contributed by atoms with Gasteiger partial charge in [-0.15, -0.1) is 0 Å². The first-order valence-electron chi connectivity index (χ1n) is 8.83. The number of carbonyl (C=O) groups excluding carboxylic acids is 1. The Balaban J connectivity index is 1.77. The van der Waals surface area contributed by atoms with E-state index in [2.05, 4.69) is 5.32 Å². The second-order valence-corrected chi connectivity index (χ2v) is 6.08. The topological polar surface area (TPSA) is 56.8 Å². The lowest BCUT2D eigenvalue weighted by molar-refractivity contribution is -0.122. The quantitative estimate of drug-likeness (QED) is 0.662. The largest absolute Gasteiger partial charge is 0.497 e. The van der Waals surface area contributed by atoms with Crippen molar-refractivity contribution in [2.24, 2.45) is 0 Å². The van der Waals surface area contributed by atoms with Crippen molar-refractivity contribution in [2.45, 2.75) is 19.4 Å². The summed E-state index contributed by atoms with van der Waals surface area (Å²) in [4.78, 5) is 12.7. The predicted octanol–water partition coefficient (Wildman–Crippen LogP) is 4.65. The summed E-state index contributed by atoms with van der Waals surface area (Å²) in [6.45, 7) is 1.91. The van der Waals surface area contributed by atoms with E-state index in [9.17, 15) is 4.79 Å². The number of ether oxygens (including phenoxy) is 3. The molecule has 0 heterocycles. The van der Waals surface area contributed by atoms with Crippen molar-refractivity contribution in [1.82, 2.24) is 0 Å². The van der Waals surface area contributed by atoms with E-state index >= 15 is 0 Å². The average molecular weight is 365 g/mol. The van der Waals surface area contributed by atoms with Crippen LogP contribution >= 0.6 is 0 Å². The number of carbonyl (C=O) groups is 1. The Labute approximate surface area is 158 Å². The summed E-state index contributed by atoms with van der Waals surface area (Å²) < 4.78 is 16.5. The van der Waals surface area contributed by atoms with E-state index in [1.807, 2.05) is 49.4 Å². The van der Waals surface area contributed by atoms with Gasteiger partial charge in [0.2, 0.25) is 0 Å². The summed E-state index contributed by atoms with van der Waals surface area (Å²) >= 11 is 0. The fourth-order valence-corrected chi connectivity index (χ4v) is 2.85. The fourth-order valence-electron chi connectivity index (χ4n) is 2.85. The van der Waals surface area contributed by atoms with Crippen LogP contribution in [0.5, 0.6) is 17.2 Å². The van der Waals surface area contributed by atoms with E-state index in [1.165, 1.54) is 0 Å². The number of benzene rings is 3. The molecular formula is C22H23NO4. The third-order valence-electron chi connectivity index (χ3n) is 4.33. The Kier molecular flexibility index (Phi) is 5.81. The van der Waals surface area contributed by atoms with Gasteiger partial charge in [-0.1, -0.05) is 37.3 Å². The van der Waals surface area contributed by atoms with Gasteiger partial charge in [-0.3, -0.25) is 4.79 Å². The van der Waals surface area contributed by atoms with Crippen LogP contribution in [0.2, 0.25) is 0 Å². The summed E-state index contributed by atoms with van der Waals surface area (Å²) in [6, 6.07) is 19.1. The van der Waals surface area contributed by atoms with Crippen molar-refractivity contribution >= 4 is 22.4 Å². The first-order valence-corrected chi connectivity index (χ1v) is 8.83. The molecule has 3 rings (SSSR count). The second-order valence-electron chi connectivity index (χ2n) is 6.08. The highest BCUT2D eigenvalue weighted by Crippen LogP contribution is 2.29.